The molecule has 0 saturated carbocycles. The molecule has 3 saturated heterocycles. The maximum absolute atomic E-state index is 3.70. The zero-order valence-electron chi connectivity index (χ0n) is 28.5. The molecule has 0 spiro atoms. The highest BCUT2D eigenvalue weighted by Crippen LogP contribution is 2.25. The summed E-state index contributed by atoms with van der Waals surface area (Å²) >= 11 is 0. The van der Waals surface area contributed by atoms with E-state index in [0.717, 1.165) is 38.9 Å². The Balaban J connectivity index is 1.11. The van der Waals surface area contributed by atoms with Crippen LogP contribution >= 0.6 is 0 Å². The summed E-state index contributed by atoms with van der Waals surface area (Å²) in [5.74, 6) is 0. The molecule has 0 radical (unpaired) electrons. The molecular formula is C41H59N5. The van der Waals surface area contributed by atoms with Gasteiger partial charge in [0, 0.05) is 83.1 Å². The lowest BCUT2D eigenvalue weighted by molar-refractivity contribution is 0.0266. The number of hydrogen-bond acceptors (Lipinski definition) is 5. The van der Waals surface area contributed by atoms with Crippen LogP contribution in [0.5, 0.6) is 0 Å². The van der Waals surface area contributed by atoms with E-state index in [2.05, 4.69) is 123 Å². The van der Waals surface area contributed by atoms with E-state index in [1.165, 1.54) is 94.6 Å². The Hall–Kier alpha value is -2.54. The minimum atomic E-state index is 0.568. The second-order valence-electron chi connectivity index (χ2n) is 14.2. The molecule has 0 aliphatic carbocycles. The lowest BCUT2D eigenvalue weighted by Crippen LogP contribution is -2.59. The number of unbranched alkanes of at least 4 members (excludes halogenated alkanes) is 1. The predicted molar refractivity (Wildman–Crippen MR) is 194 cm³/mol. The van der Waals surface area contributed by atoms with Crippen LogP contribution in [0.1, 0.15) is 55.7 Å². The summed E-state index contributed by atoms with van der Waals surface area (Å²) in [6.07, 6.45) is 10.1. The quantitative estimate of drug-likeness (QED) is 0.225. The average Bonchev–Trinajstić information content (AvgIpc) is 3.54. The Bertz CT molecular complexity index is 1250. The summed E-state index contributed by atoms with van der Waals surface area (Å²) < 4.78 is 0. The van der Waals surface area contributed by atoms with E-state index in [0.29, 0.717) is 24.2 Å². The third kappa shape index (κ3) is 9.51. The van der Waals surface area contributed by atoms with E-state index in [-0.39, 0.29) is 0 Å². The van der Waals surface area contributed by atoms with Gasteiger partial charge in [-0.3, -0.25) is 19.6 Å². The van der Waals surface area contributed by atoms with E-state index in [1.54, 1.807) is 0 Å². The van der Waals surface area contributed by atoms with E-state index >= 15 is 0 Å². The molecule has 3 aromatic rings. The van der Waals surface area contributed by atoms with Gasteiger partial charge in [-0.15, -0.1) is 0 Å². The molecule has 4 atom stereocenters. The van der Waals surface area contributed by atoms with Gasteiger partial charge in [-0.2, -0.15) is 0 Å². The third-order valence-corrected chi connectivity index (χ3v) is 11.1. The van der Waals surface area contributed by atoms with Crippen LogP contribution in [-0.4, -0.2) is 109 Å². The van der Waals surface area contributed by atoms with Crippen LogP contribution < -0.4 is 5.32 Å². The summed E-state index contributed by atoms with van der Waals surface area (Å²) in [5.41, 5.74) is 4.40. The monoisotopic (exact) mass is 621 g/mol. The standard InChI is InChI=1S/C41H59N5/c1-2-3-20-38(32-44-24-13-21-39(44)33-45-26-23-42-31-40(45)29-36-16-9-5-10-17-36)46-28-27-43(25-22-35-14-7-4-8-15-35)41(34-46)30-37-18-11-6-12-19-37/h4-12,14-19,38-42H,2-3,13,20-34H2,1H3/t38-,39?,40-,41-/m0/s1. The van der Waals surface area contributed by atoms with E-state index in [1.807, 2.05) is 0 Å². The summed E-state index contributed by atoms with van der Waals surface area (Å²) in [6.45, 7) is 14.2. The molecule has 0 amide bonds. The van der Waals surface area contributed by atoms with Gasteiger partial charge in [-0.25, -0.2) is 0 Å². The van der Waals surface area contributed by atoms with Crippen molar-refractivity contribution in [3.05, 3.63) is 108 Å². The SMILES string of the molecule is CCCC[C@@H](CN1CCCC1CN1CCNC[C@@H]1Cc1ccccc1)N1CCN(CCc2ccccc2)[C@@H](Cc2ccccc2)C1. The lowest BCUT2D eigenvalue weighted by Gasteiger charge is -2.46. The first-order valence-corrected chi connectivity index (χ1v) is 18.5. The normalized spacial score (nSPS) is 24.3. The molecule has 0 bridgehead atoms. The molecule has 3 aliphatic heterocycles. The Morgan fingerprint density at radius 1 is 0.696 bits per heavy atom. The Kier molecular flexibility index (Phi) is 12.7. The van der Waals surface area contributed by atoms with Crippen LogP contribution in [0, 0.1) is 0 Å². The molecule has 3 aromatic carbocycles. The number of rotatable bonds is 15. The zero-order chi connectivity index (χ0) is 31.4. The minimum absolute atomic E-state index is 0.568. The van der Waals surface area contributed by atoms with Gasteiger partial charge >= 0.3 is 0 Å². The summed E-state index contributed by atoms with van der Waals surface area (Å²) in [6, 6.07) is 36.0. The Labute approximate surface area is 280 Å². The first-order chi connectivity index (χ1) is 22.7. The van der Waals surface area contributed by atoms with Gasteiger partial charge in [0.25, 0.3) is 0 Å². The Morgan fingerprint density at radius 3 is 2.07 bits per heavy atom. The van der Waals surface area contributed by atoms with Gasteiger partial charge in [0.15, 0.2) is 0 Å². The van der Waals surface area contributed by atoms with Crippen LogP contribution in [0.4, 0.5) is 0 Å². The molecule has 1 N–H and O–H groups in total. The van der Waals surface area contributed by atoms with Crippen molar-refractivity contribution < 1.29 is 0 Å². The van der Waals surface area contributed by atoms with Gasteiger partial charge in [0.2, 0.25) is 0 Å². The van der Waals surface area contributed by atoms with E-state index in [9.17, 15) is 0 Å². The van der Waals surface area contributed by atoms with Gasteiger partial charge in [0.05, 0.1) is 0 Å². The van der Waals surface area contributed by atoms with Crippen LogP contribution in [0.25, 0.3) is 0 Å². The van der Waals surface area contributed by atoms with Crippen molar-refractivity contribution in [3.63, 3.8) is 0 Å². The molecule has 46 heavy (non-hydrogen) atoms. The molecule has 0 aromatic heterocycles. The van der Waals surface area contributed by atoms with Gasteiger partial charge in [-0.05, 0) is 61.8 Å². The smallest absolute Gasteiger partial charge is 0.0264 e. The summed E-state index contributed by atoms with van der Waals surface area (Å²) in [5, 5.41) is 3.70. The van der Waals surface area contributed by atoms with Crippen LogP contribution in [-0.2, 0) is 19.3 Å². The summed E-state index contributed by atoms with van der Waals surface area (Å²) in [4.78, 5) is 11.5. The maximum Gasteiger partial charge on any atom is 0.0264 e. The second kappa shape index (κ2) is 17.6. The molecule has 1 unspecified atom stereocenters. The Morgan fingerprint density at radius 2 is 1.37 bits per heavy atom. The van der Waals surface area contributed by atoms with E-state index < -0.39 is 0 Å². The highest BCUT2D eigenvalue weighted by Gasteiger charge is 2.35. The molecule has 3 fully saturated rings. The lowest BCUT2D eigenvalue weighted by atomic mass is 9.98. The fourth-order valence-electron chi connectivity index (χ4n) is 8.38. The van der Waals surface area contributed by atoms with Crippen molar-refractivity contribution in [2.45, 2.75) is 82.5 Å². The fourth-order valence-corrected chi connectivity index (χ4v) is 8.38. The van der Waals surface area contributed by atoms with Crippen molar-refractivity contribution in [1.29, 1.82) is 0 Å². The number of nitrogens with one attached hydrogen (secondary N) is 1. The van der Waals surface area contributed by atoms with Crippen LogP contribution in [0.2, 0.25) is 0 Å². The second-order valence-corrected chi connectivity index (χ2v) is 14.2. The van der Waals surface area contributed by atoms with Crippen LogP contribution in [0.3, 0.4) is 0 Å². The minimum Gasteiger partial charge on any atom is -0.314 e. The average molecular weight is 622 g/mol. The highest BCUT2D eigenvalue weighted by molar-refractivity contribution is 5.18. The number of nitrogens with zero attached hydrogens (tertiary/aromatic N) is 4. The third-order valence-electron chi connectivity index (χ3n) is 11.1. The van der Waals surface area contributed by atoms with Crippen molar-refractivity contribution in [2.24, 2.45) is 0 Å². The van der Waals surface area contributed by atoms with Crippen molar-refractivity contribution >= 4 is 0 Å². The number of hydrogen-bond donors (Lipinski definition) is 1. The van der Waals surface area contributed by atoms with Crippen LogP contribution in [0.15, 0.2) is 91.0 Å². The number of likely N-dealkylation sites (tertiary alicyclic amines) is 1. The van der Waals surface area contributed by atoms with Gasteiger partial charge in [-0.1, -0.05) is 111 Å². The molecule has 6 rings (SSSR count). The molecule has 5 nitrogen and oxygen atoms in total. The van der Waals surface area contributed by atoms with Gasteiger partial charge < -0.3 is 5.32 Å². The molecule has 5 heteroatoms. The topological polar surface area (TPSA) is 25.0 Å². The number of benzene rings is 3. The largest absolute Gasteiger partial charge is 0.314 e. The number of piperazine rings is 2. The fraction of sp³-hybridized carbons (Fsp3) is 0.561. The predicted octanol–water partition coefficient (Wildman–Crippen LogP) is 6.00. The summed E-state index contributed by atoms with van der Waals surface area (Å²) in [7, 11) is 0. The first kappa shape index (κ1) is 33.4. The zero-order valence-corrected chi connectivity index (χ0v) is 28.5. The maximum atomic E-state index is 3.70. The van der Waals surface area contributed by atoms with Crippen molar-refractivity contribution in [1.82, 2.24) is 24.9 Å². The van der Waals surface area contributed by atoms with Gasteiger partial charge in [0.1, 0.15) is 0 Å². The van der Waals surface area contributed by atoms with Crippen molar-refractivity contribution in [3.8, 4) is 0 Å². The molecule has 3 aliphatic rings. The van der Waals surface area contributed by atoms with E-state index in [4.69, 9.17) is 0 Å². The van der Waals surface area contributed by atoms with Crippen molar-refractivity contribution in [2.75, 3.05) is 65.4 Å². The molecule has 3 heterocycles. The molecule has 248 valence electrons. The molecular weight excluding hydrogens is 562 g/mol. The first-order valence-electron chi connectivity index (χ1n) is 18.5. The highest BCUT2D eigenvalue weighted by atomic mass is 15.3.